The van der Waals surface area contributed by atoms with Gasteiger partial charge in [0.1, 0.15) is 4.70 Å². The van der Waals surface area contributed by atoms with Crippen molar-refractivity contribution in [2.24, 2.45) is 5.92 Å². The molecule has 29 heavy (non-hydrogen) atoms. The molecule has 1 fully saturated rings. The number of rotatable bonds is 4. The number of anilines is 1. The van der Waals surface area contributed by atoms with E-state index in [0.717, 1.165) is 36.2 Å². The summed E-state index contributed by atoms with van der Waals surface area (Å²) in [5, 5.41) is 5.62. The molecule has 5 rings (SSSR count). The van der Waals surface area contributed by atoms with Crippen LogP contribution in [0.5, 0.6) is 11.5 Å². The van der Waals surface area contributed by atoms with Gasteiger partial charge in [-0.1, -0.05) is 17.4 Å². The van der Waals surface area contributed by atoms with Gasteiger partial charge in [-0.3, -0.25) is 9.59 Å². The number of hydrogen-bond acceptors (Lipinski definition) is 8. The minimum atomic E-state index is -0.125. The Hall–Kier alpha value is -2.65. The molecule has 0 bridgehead atoms. The maximum atomic E-state index is 12.7. The molecule has 1 amide bonds. The lowest BCUT2D eigenvalue weighted by atomic mass is 9.97. The highest BCUT2D eigenvalue weighted by Gasteiger charge is 2.27. The normalized spacial score (nSPS) is 18.2. The summed E-state index contributed by atoms with van der Waals surface area (Å²) >= 11 is 2.59. The van der Waals surface area contributed by atoms with Gasteiger partial charge < -0.3 is 19.7 Å². The zero-order valence-electron chi connectivity index (χ0n) is 15.6. The number of nitrogens with one attached hydrogen (secondary N) is 1. The van der Waals surface area contributed by atoms with Gasteiger partial charge in [-0.2, -0.15) is 0 Å². The number of hydrogen-bond donors (Lipinski definition) is 1. The van der Waals surface area contributed by atoms with Crippen molar-refractivity contribution in [3.05, 3.63) is 44.7 Å². The molecular weight excluding hydrogens is 410 g/mol. The van der Waals surface area contributed by atoms with Gasteiger partial charge in [0.2, 0.25) is 12.7 Å². The third kappa shape index (κ3) is 3.67. The largest absolute Gasteiger partial charge is 0.454 e. The zero-order valence-corrected chi connectivity index (χ0v) is 17.2. The standard InChI is InChI=1S/C20H19N3O4S2/c24-18(21-9-12-3-4-15-16(8-12)27-11-26-15)13-2-1-6-23(10-13)20-22-14-5-7-28-17(14)19(25)29-20/h3-5,7-8,13H,1-2,6,9-11H2,(H,21,24)/t13-/m1/s1. The van der Waals surface area contributed by atoms with Gasteiger partial charge in [0.05, 0.1) is 11.4 Å². The Balaban J connectivity index is 1.25. The fourth-order valence-corrected chi connectivity index (χ4v) is 5.42. The fourth-order valence-electron chi connectivity index (χ4n) is 3.68. The van der Waals surface area contributed by atoms with Crippen LogP contribution in [-0.2, 0) is 11.3 Å². The van der Waals surface area contributed by atoms with Crippen molar-refractivity contribution in [2.75, 3.05) is 24.8 Å². The van der Waals surface area contributed by atoms with E-state index in [4.69, 9.17) is 9.47 Å². The van der Waals surface area contributed by atoms with Crippen molar-refractivity contribution in [1.29, 1.82) is 0 Å². The molecule has 0 saturated carbocycles. The summed E-state index contributed by atoms with van der Waals surface area (Å²) in [6.07, 6.45) is 1.73. The van der Waals surface area contributed by atoms with Crippen molar-refractivity contribution < 1.29 is 14.3 Å². The molecule has 2 aliphatic heterocycles. The maximum Gasteiger partial charge on any atom is 0.255 e. The second-order valence-corrected chi connectivity index (χ2v) is 8.97. The van der Waals surface area contributed by atoms with E-state index >= 15 is 0 Å². The Morgan fingerprint density at radius 1 is 1.28 bits per heavy atom. The van der Waals surface area contributed by atoms with Gasteiger partial charge in [0.15, 0.2) is 16.6 Å². The molecule has 1 aromatic carbocycles. The van der Waals surface area contributed by atoms with Crippen LogP contribution in [0.15, 0.2) is 34.4 Å². The first-order valence-corrected chi connectivity index (χ1v) is 11.2. The maximum absolute atomic E-state index is 12.7. The second kappa shape index (κ2) is 7.64. The molecular formula is C20H19N3O4S2. The minimum Gasteiger partial charge on any atom is -0.454 e. The number of carbonyl (C=O) groups is 1. The number of aromatic nitrogens is 1. The summed E-state index contributed by atoms with van der Waals surface area (Å²) in [5.74, 6) is 1.35. The Labute approximate surface area is 174 Å². The molecule has 0 unspecified atom stereocenters. The van der Waals surface area contributed by atoms with Crippen molar-refractivity contribution in [3.8, 4) is 11.5 Å². The summed E-state index contributed by atoms with van der Waals surface area (Å²) in [4.78, 5) is 31.8. The average molecular weight is 430 g/mol. The highest BCUT2D eigenvalue weighted by atomic mass is 32.1. The first kappa shape index (κ1) is 18.4. The first-order valence-electron chi connectivity index (χ1n) is 9.47. The first-order chi connectivity index (χ1) is 14.2. The second-order valence-electron chi connectivity index (χ2n) is 7.11. The van der Waals surface area contributed by atoms with Crippen LogP contribution < -0.4 is 24.4 Å². The predicted molar refractivity (Wildman–Crippen MR) is 113 cm³/mol. The summed E-state index contributed by atoms with van der Waals surface area (Å²) in [6.45, 7) is 2.06. The van der Waals surface area contributed by atoms with Gasteiger partial charge in [0.25, 0.3) is 4.74 Å². The quantitative estimate of drug-likeness (QED) is 0.687. The average Bonchev–Trinajstić information content (AvgIpc) is 3.41. The van der Waals surface area contributed by atoms with Crippen LogP contribution >= 0.6 is 22.7 Å². The van der Waals surface area contributed by atoms with E-state index in [-0.39, 0.29) is 23.4 Å². The molecule has 1 N–H and O–H groups in total. The van der Waals surface area contributed by atoms with Crippen molar-refractivity contribution in [2.45, 2.75) is 19.4 Å². The lowest BCUT2D eigenvalue weighted by molar-refractivity contribution is -0.125. The van der Waals surface area contributed by atoms with E-state index < -0.39 is 0 Å². The molecule has 2 aromatic heterocycles. The van der Waals surface area contributed by atoms with Gasteiger partial charge in [0, 0.05) is 19.6 Å². The van der Waals surface area contributed by atoms with Crippen molar-refractivity contribution in [1.82, 2.24) is 10.3 Å². The van der Waals surface area contributed by atoms with E-state index in [1.807, 2.05) is 29.6 Å². The number of fused-ring (bicyclic) bond motifs is 2. The molecule has 3 aromatic rings. The Bertz CT molecular complexity index is 1130. The Morgan fingerprint density at radius 3 is 3.10 bits per heavy atom. The van der Waals surface area contributed by atoms with Crippen LogP contribution in [0.2, 0.25) is 0 Å². The molecule has 7 nitrogen and oxygen atoms in total. The van der Waals surface area contributed by atoms with Crippen LogP contribution in [-0.4, -0.2) is 30.8 Å². The molecule has 0 spiro atoms. The van der Waals surface area contributed by atoms with E-state index in [2.05, 4.69) is 15.2 Å². The van der Waals surface area contributed by atoms with E-state index in [9.17, 15) is 9.59 Å². The number of nitrogens with zero attached hydrogens (tertiary/aromatic N) is 2. The molecule has 1 atom stereocenters. The third-order valence-electron chi connectivity index (χ3n) is 5.20. The van der Waals surface area contributed by atoms with Crippen LogP contribution in [0.1, 0.15) is 18.4 Å². The zero-order chi connectivity index (χ0) is 19.8. The number of piperidine rings is 1. The van der Waals surface area contributed by atoms with Crippen molar-refractivity contribution in [3.63, 3.8) is 0 Å². The lowest BCUT2D eigenvalue weighted by Crippen LogP contribution is -2.43. The SMILES string of the molecule is O=C(NCc1ccc2c(c1)OCO2)[C@@H]1CCCN(c2nc3ccsc3c(=O)s2)C1. The van der Waals surface area contributed by atoms with E-state index in [0.29, 0.717) is 28.7 Å². The summed E-state index contributed by atoms with van der Waals surface area (Å²) in [6, 6.07) is 7.56. The topological polar surface area (TPSA) is 80.8 Å². The Kier molecular flexibility index (Phi) is 4.84. The molecule has 2 aliphatic rings. The number of amides is 1. The van der Waals surface area contributed by atoms with Gasteiger partial charge in [-0.15, -0.1) is 11.3 Å². The number of carbonyl (C=O) groups excluding carboxylic acids is 1. The van der Waals surface area contributed by atoms with Gasteiger partial charge in [-0.25, -0.2) is 4.98 Å². The van der Waals surface area contributed by atoms with E-state index in [1.165, 1.54) is 22.7 Å². The smallest absolute Gasteiger partial charge is 0.255 e. The molecule has 4 heterocycles. The number of benzene rings is 1. The summed E-state index contributed by atoms with van der Waals surface area (Å²) in [7, 11) is 0. The number of ether oxygens (including phenoxy) is 2. The van der Waals surface area contributed by atoms with Gasteiger partial charge in [-0.05, 0) is 42.0 Å². The van der Waals surface area contributed by atoms with Crippen molar-refractivity contribution >= 4 is 43.9 Å². The summed E-state index contributed by atoms with van der Waals surface area (Å²) < 4.78 is 11.4. The molecule has 0 radical (unpaired) electrons. The molecule has 9 heteroatoms. The highest BCUT2D eigenvalue weighted by molar-refractivity contribution is 7.21. The monoisotopic (exact) mass is 429 g/mol. The lowest BCUT2D eigenvalue weighted by Gasteiger charge is -2.32. The number of thiophene rings is 1. The van der Waals surface area contributed by atoms with Crippen LogP contribution in [0, 0.1) is 5.92 Å². The predicted octanol–water partition coefficient (Wildman–Crippen LogP) is 2.98. The molecule has 1 saturated heterocycles. The molecule has 0 aliphatic carbocycles. The highest BCUT2D eigenvalue weighted by Crippen LogP contribution is 2.32. The third-order valence-corrected chi connectivity index (χ3v) is 7.15. The fraction of sp³-hybridized carbons (Fsp3) is 0.350. The minimum absolute atomic E-state index is 0.0244. The van der Waals surface area contributed by atoms with Gasteiger partial charge >= 0.3 is 0 Å². The van der Waals surface area contributed by atoms with Crippen LogP contribution in [0.25, 0.3) is 10.2 Å². The molecule has 150 valence electrons. The van der Waals surface area contributed by atoms with Crippen LogP contribution in [0.4, 0.5) is 5.13 Å². The Morgan fingerprint density at radius 2 is 2.17 bits per heavy atom. The van der Waals surface area contributed by atoms with E-state index in [1.54, 1.807) is 0 Å². The van der Waals surface area contributed by atoms with Crippen LogP contribution in [0.3, 0.4) is 0 Å². The summed E-state index contributed by atoms with van der Waals surface area (Å²) in [5.41, 5.74) is 1.71.